The first-order valence-corrected chi connectivity index (χ1v) is 12.9. The van der Waals surface area contributed by atoms with E-state index in [1.165, 1.54) is 19.3 Å². The molecule has 2 fully saturated rings. The summed E-state index contributed by atoms with van der Waals surface area (Å²) in [5.74, 6) is 1.09. The molecule has 4 rings (SSSR count). The van der Waals surface area contributed by atoms with Crippen molar-refractivity contribution in [2.75, 3.05) is 51.1 Å². The van der Waals surface area contributed by atoms with Gasteiger partial charge in [-0.3, -0.25) is 9.69 Å². The van der Waals surface area contributed by atoms with E-state index in [4.69, 9.17) is 28.2 Å². The molecule has 2 aliphatic heterocycles. The predicted molar refractivity (Wildman–Crippen MR) is 142 cm³/mol. The first-order valence-electron chi connectivity index (χ1n) is 12.2. The molecule has 0 spiro atoms. The smallest absolute Gasteiger partial charge is 0.224 e. The molecule has 2 saturated heterocycles. The van der Waals surface area contributed by atoms with Crippen LogP contribution in [0.5, 0.6) is 0 Å². The average molecular weight is 502 g/mol. The maximum absolute atomic E-state index is 12.4. The lowest BCUT2D eigenvalue weighted by Gasteiger charge is -2.34. The van der Waals surface area contributed by atoms with Crippen LogP contribution in [0.25, 0.3) is 0 Å². The summed E-state index contributed by atoms with van der Waals surface area (Å²) in [7, 11) is 0. The molecule has 2 aromatic rings. The lowest BCUT2D eigenvalue weighted by Crippen LogP contribution is -2.50. The second kappa shape index (κ2) is 12.5. The lowest BCUT2D eigenvalue weighted by atomic mass is 10.1. The van der Waals surface area contributed by atoms with Crippen LogP contribution in [0, 0.1) is 0 Å². The molecular formula is C26H33Cl2N5O. The number of piperidine rings is 1. The minimum Gasteiger partial charge on any atom is -0.356 e. The second-order valence-corrected chi connectivity index (χ2v) is 9.78. The third-order valence-electron chi connectivity index (χ3n) is 6.34. The average Bonchev–Trinajstić information content (AvgIpc) is 2.85. The number of nitrogens with zero attached hydrogens (tertiary/aromatic N) is 3. The number of amidine groups is 1. The van der Waals surface area contributed by atoms with Crippen molar-refractivity contribution in [3.05, 3.63) is 58.1 Å². The van der Waals surface area contributed by atoms with Crippen LogP contribution in [-0.2, 0) is 11.2 Å². The molecule has 0 aromatic heterocycles. The predicted octanol–water partition coefficient (Wildman–Crippen LogP) is 4.99. The van der Waals surface area contributed by atoms with Gasteiger partial charge in [-0.1, -0.05) is 35.7 Å². The van der Waals surface area contributed by atoms with Crippen molar-refractivity contribution in [3.63, 3.8) is 0 Å². The molecule has 2 heterocycles. The summed E-state index contributed by atoms with van der Waals surface area (Å²) < 4.78 is 0. The Bertz CT molecular complexity index is 983. The van der Waals surface area contributed by atoms with Crippen LogP contribution in [-0.4, -0.2) is 67.4 Å². The van der Waals surface area contributed by atoms with Gasteiger partial charge in [-0.2, -0.15) is 0 Å². The molecule has 0 radical (unpaired) electrons. The third-order valence-corrected chi connectivity index (χ3v) is 6.93. The molecule has 182 valence electrons. The summed E-state index contributed by atoms with van der Waals surface area (Å²) in [4.78, 5) is 22.4. The number of likely N-dealkylation sites (tertiary alicyclic amines) is 1. The Kier molecular flexibility index (Phi) is 9.22. The van der Waals surface area contributed by atoms with Gasteiger partial charge in [0.1, 0.15) is 5.84 Å². The van der Waals surface area contributed by atoms with Gasteiger partial charge in [0.15, 0.2) is 0 Å². The lowest BCUT2D eigenvalue weighted by molar-refractivity contribution is -0.116. The highest BCUT2D eigenvalue weighted by molar-refractivity contribution is 6.35. The van der Waals surface area contributed by atoms with Crippen LogP contribution in [0.1, 0.15) is 31.2 Å². The summed E-state index contributed by atoms with van der Waals surface area (Å²) in [6, 6.07) is 13.2. The van der Waals surface area contributed by atoms with E-state index in [0.29, 0.717) is 22.9 Å². The molecule has 0 aliphatic carbocycles. The first kappa shape index (κ1) is 25.0. The normalized spacial score (nSPS) is 17.6. The van der Waals surface area contributed by atoms with Gasteiger partial charge in [-0.15, -0.1) is 0 Å². The molecule has 2 N–H and O–H groups in total. The molecule has 0 saturated carbocycles. The van der Waals surface area contributed by atoms with Gasteiger partial charge in [0, 0.05) is 48.3 Å². The van der Waals surface area contributed by atoms with Crippen molar-refractivity contribution in [1.82, 2.24) is 15.1 Å². The third kappa shape index (κ3) is 7.44. The van der Waals surface area contributed by atoms with Gasteiger partial charge in [-0.25, -0.2) is 4.99 Å². The Balaban J connectivity index is 1.36. The largest absolute Gasteiger partial charge is 0.356 e. The molecule has 1 amide bonds. The van der Waals surface area contributed by atoms with Crippen molar-refractivity contribution in [1.29, 1.82) is 0 Å². The number of rotatable bonds is 7. The number of carbonyl (C=O) groups excluding carboxylic acids is 1. The van der Waals surface area contributed by atoms with Crippen molar-refractivity contribution in [2.24, 2.45) is 4.99 Å². The number of hydrogen-bond acceptors (Lipinski definition) is 4. The zero-order valence-corrected chi connectivity index (χ0v) is 21.0. The molecule has 6 nitrogen and oxygen atoms in total. The standard InChI is InChI=1S/C26H33Cl2N5O/c27-21-6-4-20(24(28)18-21)5-11-26(34)31-23-9-7-22(8-10-23)30-25(33-16-12-29-13-17-33)19-32-14-2-1-3-15-32/h4,6-10,18,29H,1-3,5,11-17,19H2,(H,31,34). The monoisotopic (exact) mass is 501 g/mol. The van der Waals surface area contributed by atoms with Gasteiger partial charge < -0.3 is 15.5 Å². The first-order chi connectivity index (χ1) is 16.6. The van der Waals surface area contributed by atoms with E-state index >= 15 is 0 Å². The van der Waals surface area contributed by atoms with Crippen molar-refractivity contribution in [2.45, 2.75) is 32.1 Å². The number of hydrogen-bond donors (Lipinski definition) is 2. The number of aliphatic imine (C=N–C) groups is 1. The zero-order valence-electron chi connectivity index (χ0n) is 19.5. The summed E-state index contributed by atoms with van der Waals surface area (Å²) >= 11 is 12.2. The summed E-state index contributed by atoms with van der Waals surface area (Å²) in [6.07, 6.45) is 4.79. The number of aryl methyl sites for hydroxylation is 1. The Labute approximate surface area is 212 Å². The molecule has 0 unspecified atom stereocenters. The molecular weight excluding hydrogens is 469 g/mol. The molecule has 2 aliphatic rings. The van der Waals surface area contributed by atoms with E-state index in [0.717, 1.165) is 68.6 Å². The Morgan fingerprint density at radius 1 is 0.971 bits per heavy atom. The Hall–Kier alpha value is -2.12. The van der Waals surface area contributed by atoms with E-state index < -0.39 is 0 Å². The van der Waals surface area contributed by atoms with Crippen LogP contribution < -0.4 is 10.6 Å². The Morgan fingerprint density at radius 2 is 1.71 bits per heavy atom. The number of nitrogens with one attached hydrogen (secondary N) is 2. The number of anilines is 1. The minimum atomic E-state index is -0.0473. The van der Waals surface area contributed by atoms with Crippen molar-refractivity contribution in [3.8, 4) is 0 Å². The fraction of sp³-hybridized carbons (Fsp3) is 0.462. The van der Waals surface area contributed by atoms with E-state index in [-0.39, 0.29) is 5.91 Å². The van der Waals surface area contributed by atoms with Gasteiger partial charge >= 0.3 is 0 Å². The highest BCUT2D eigenvalue weighted by Gasteiger charge is 2.19. The number of amides is 1. The van der Waals surface area contributed by atoms with Gasteiger partial charge in [0.25, 0.3) is 0 Å². The number of piperazine rings is 1. The fourth-order valence-electron chi connectivity index (χ4n) is 4.41. The van der Waals surface area contributed by atoms with E-state index in [9.17, 15) is 4.79 Å². The SMILES string of the molecule is O=C(CCc1ccc(Cl)cc1Cl)Nc1ccc(N=C(CN2CCCCC2)N2CCNCC2)cc1. The van der Waals surface area contributed by atoms with Crippen molar-refractivity contribution < 1.29 is 4.79 Å². The van der Waals surface area contributed by atoms with Gasteiger partial charge in [0.2, 0.25) is 5.91 Å². The topological polar surface area (TPSA) is 60.0 Å². The number of halogens is 2. The maximum Gasteiger partial charge on any atom is 0.224 e. The summed E-state index contributed by atoms with van der Waals surface area (Å²) in [5, 5.41) is 7.58. The maximum atomic E-state index is 12.4. The molecule has 8 heteroatoms. The quantitative estimate of drug-likeness (QED) is 0.414. The zero-order chi connectivity index (χ0) is 23.8. The Morgan fingerprint density at radius 3 is 2.41 bits per heavy atom. The minimum absolute atomic E-state index is 0.0473. The van der Waals surface area contributed by atoms with Crippen molar-refractivity contribution >= 4 is 46.3 Å². The van der Waals surface area contributed by atoms with Crippen LogP contribution in [0.2, 0.25) is 10.0 Å². The second-order valence-electron chi connectivity index (χ2n) is 8.93. The summed E-state index contributed by atoms with van der Waals surface area (Å²) in [5.41, 5.74) is 2.60. The molecule has 0 bridgehead atoms. The number of carbonyl (C=O) groups is 1. The molecule has 34 heavy (non-hydrogen) atoms. The molecule has 2 aromatic carbocycles. The van der Waals surface area contributed by atoms with Crippen LogP contribution in [0.15, 0.2) is 47.5 Å². The summed E-state index contributed by atoms with van der Waals surface area (Å²) in [6.45, 7) is 7.15. The van der Waals surface area contributed by atoms with Gasteiger partial charge in [0.05, 0.1) is 12.2 Å². The van der Waals surface area contributed by atoms with Crippen LogP contribution >= 0.6 is 23.2 Å². The van der Waals surface area contributed by atoms with Gasteiger partial charge in [-0.05, 0) is 74.3 Å². The highest BCUT2D eigenvalue weighted by Crippen LogP contribution is 2.23. The highest BCUT2D eigenvalue weighted by atomic mass is 35.5. The van der Waals surface area contributed by atoms with E-state index in [1.54, 1.807) is 12.1 Å². The number of benzene rings is 2. The molecule has 0 atom stereocenters. The fourth-order valence-corrected chi connectivity index (χ4v) is 4.91. The van der Waals surface area contributed by atoms with E-state index in [2.05, 4.69) is 20.4 Å². The van der Waals surface area contributed by atoms with Crippen LogP contribution in [0.3, 0.4) is 0 Å². The van der Waals surface area contributed by atoms with E-state index in [1.807, 2.05) is 30.3 Å². The van der Waals surface area contributed by atoms with Crippen LogP contribution in [0.4, 0.5) is 11.4 Å².